The van der Waals surface area contributed by atoms with Crippen molar-refractivity contribution in [3.8, 4) is 5.75 Å². The molecule has 0 saturated carbocycles. The Bertz CT molecular complexity index is 958. The Morgan fingerprint density at radius 3 is 1.86 bits per heavy atom. The van der Waals surface area contributed by atoms with Gasteiger partial charge in [-0.3, -0.25) is 19.7 Å². The lowest BCUT2D eigenvalue weighted by molar-refractivity contribution is -0.384. The van der Waals surface area contributed by atoms with Crippen molar-refractivity contribution in [2.45, 2.75) is 46.0 Å². The summed E-state index contributed by atoms with van der Waals surface area (Å²) in [5.74, 6) is -1.19. The highest BCUT2D eigenvalue weighted by atomic mass is 16.6. The topological polar surface area (TPSA) is 130 Å². The van der Waals surface area contributed by atoms with E-state index in [1.807, 2.05) is 0 Å². The highest BCUT2D eigenvalue weighted by Gasteiger charge is 2.28. The first kappa shape index (κ1) is 27.4. The molecule has 0 fully saturated rings. The summed E-state index contributed by atoms with van der Waals surface area (Å²) >= 11 is 0. The smallest absolute Gasteiger partial charge is 0.320 e. The second-order valence-corrected chi connectivity index (χ2v) is 7.58. The molecular formula is C25H31N3O7. The van der Waals surface area contributed by atoms with Crippen LogP contribution in [0, 0.1) is 16.0 Å². The average molecular weight is 486 g/mol. The summed E-state index contributed by atoms with van der Waals surface area (Å²) in [7, 11) is 0. The Hall–Kier alpha value is -3.82. The lowest BCUT2D eigenvalue weighted by Gasteiger charge is -2.14. The maximum absolute atomic E-state index is 12.0. The lowest BCUT2D eigenvalue weighted by atomic mass is 10.0. The van der Waals surface area contributed by atoms with E-state index in [0.29, 0.717) is 30.2 Å². The second-order valence-electron chi connectivity index (χ2n) is 7.58. The van der Waals surface area contributed by atoms with Gasteiger partial charge in [0.2, 0.25) is 0 Å². The number of carbonyl (C=O) groups excluding carboxylic acids is 2. The molecule has 0 aliphatic rings. The van der Waals surface area contributed by atoms with Crippen LogP contribution in [0.3, 0.4) is 0 Å². The fourth-order valence-electron chi connectivity index (χ4n) is 3.18. The standard InChI is InChI=1S/C25H31N3O7/c1-3-33-24(29)23(25(30)34-4-2)9-7-5-6-8-18-35-22-16-12-20(13-17-22)27-26-19-10-14-21(15-11-19)28(31)32/h10-17,23H,3-9,18H2,1-2H3. The lowest BCUT2D eigenvalue weighted by Crippen LogP contribution is -2.28. The van der Waals surface area contributed by atoms with Crippen molar-refractivity contribution in [2.24, 2.45) is 16.1 Å². The number of nitro benzene ring substituents is 1. The fraction of sp³-hybridized carbons (Fsp3) is 0.440. The van der Waals surface area contributed by atoms with E-state index in [2.05, 4.69) is 10.2 Å². The number of azo groups is 1. The van der Waals surface area contributed by atoms with E-state index >= 15 is 0 Å². The SMILES string of the molecule is CCOC(=O)C(CCCCCCOc1ccc(N=Nc2ccc([N+](=O)[O-])cc2)cc1)C(=O)OCC. The van der Waals surface area contributed by atoms with Gasteiger partial charge in [-0.05, 0) is 63.1 Å². The molecule has 35 heavy (non-hydrogen) atoms. The second kappa shape index (κ2) is 15.2. The number of unbranched alkanes of at least 4 members (excludes halogenated alkanes) is 3. The number of hydrogen-bond donors (Lipinski definition) is 0. The molecule has 0 amide bonds. The van der Waals surface area contributed by atoms with Crippen molar-refractivity contribution >= 4 is 29.0 Å². The number of rotatable bonds is 15. The Morgan fingerprint density at radius 1 is 0.829 bits per heavy atom. The van der Waals surface area contributed by atoms with Crippen molar-refractivity contribution in [3.63, 3.8) is 0 Å². The highest BCUT2D eigenvalue weighted by molar-refractivity contribution is 5.94. The van der Waals surface area contributed by atoms with Crippen LogP contribution in [0.2, 0.25) is 0 Å². The summed E-state index contributed by atoms with van der Waals surface area (Å²) in [5, 5.41) is 18.9. The normalized spacial score (nSPS) is 10.9. The molecule has 10 heteroatoms. The van der Waals surface area contributed by atoms with Crippen LogP contribution >= 0.6 is 0 Å². The number of nitro groups is 1. The third-order valence-corrected chi connectivity index (χ3v) is 4.98. The molecular weight excluding hydrogens is 454 g/mol. The summed E-state index contributed by atoms with van der Waals surface area (Å²) in [6, 6.07) is 13.0. The van der Waals surface area contributed by atoms with Crippen LogP contribution in [0.5, 0.6) is 5.75 Å². The number of non-ortho nitro benzene ring substituents is 1. The van der Waals surface area contributed by atoms with Crippen molar-refractivity contribution in [1.82, 2.24) is 0 Å². The molecule has 188 valence electrons. The van der Waals surface area contributed by atoms with E-state index in [-0.39, 0.29) is 18.9 Å². The maximum atomic E-state index is 12.0. The van der Waals surface area contributed by atoms with Gasteiger partial charge in [0.1, 0.15) is 5.75 Å². The predicted octanol–water partition coefficient (Wildman–Crippen LogP) is 6.08. The molecule has 0 radical (unpaired) electrons. The van der Waals surface area contributed by atoms with Crippen molar-refractivity contribution in [3.05, 3.63) is 58.6 Å². The minimum atomic E-state index is -0.859. The minimum absolute atomic E-state index is 0.00277. The van der Waals surface area contributed by atoms with Crippen molar-refractivity contribution in [2.75, 3.05) is 19.8 Å². The van der Waals surface area contributed by atoms with Crippen molar-refractivity contribution in [1.29, 1.82) is 0 Å². The van der Waals surface area contributed by atoms with Gasteiger partial charge in [-0.15, -0.1) is 0 Å². The van der Waals surface area contributed by atoms with E-state index in [1.165, 1.54) is 24.3 Å². The van der Waals surface area contributed by atoms with Gasteiger partial charge in [0.15, 0.2) is 5.92 Å². The van der Waals surface area contributed by atoms with E-state index in [9.17, 15) is 19.7 Å². The van der Waals surface area contributed by atoms with Gasteiger partial charge in [0.05, 0.1) is 36.1 Å². The molecule has 0 N–H and O–H groups in total. The van der Waals surface area contributed by atoms with Crippen LogP contribution in [0.1, 0.15) is 46.0 Å². The number of nitrogens with zero attached hydrogens (tertiary/aromatic N) is 3. The number of hydrogen-bond acceptors (Lipinski definition) is 9. The Morgan fingerprint density at radius 2 is 1.34 bits per heavy atom. The summed E-state index contributed by atoms with van der Waals surface area (Å²) in [6.45, 7) is 4.42. The van der Waals surface area contributed by atoms with Crippen LogP contribution in [0.15, 0.2) is 58.8 Å². The van der Waals surface area contributed by atoms with Gasteiger partial charge in [-0.1, -0.05) is 19.3 Å². The number of benzene rings is 2. The van der Waals surface area contributed by atoms with Crippen LogP contribution in [-0.2, 0) is 19.1 Å². The van der Waals surface area contributed by atoms with Crippen molar-refractivity contribution < 1.29 is 28.7 Å². The summed E-state index contributed by atoms with van der Waals surface area (Å²) in [5.41, 5.74) is 1.16. The highest BCUT2D eigenvalue weighted by Crippen LogP contribution is 2.23. The van der Waals surface area contributed by atoms with Crippen LogP contribution < -0.4 is 4.74 Å². The first-order valence-corrected chi connectivity index (χ1v) is 11.7. The predicted molar refractivity (Wildman–Crippen MR) is 129 cm³/mol. The number of carbonyl (C=O) groups is 2. The van der Waals surface area contributed by atoms with E-state index in [1.54, 1.807) is 38.1 Å². The zero-order valence-corrected chi connectivity index (χ0v) is 20.1. The van der Waals surface area contributed by atoms with E-state index in [0.717, 1.165) is 25.7 Å². The van der Waals surface area contributed by atoms with E-state index in [4.69, 9.17) is 14.2 Å². The summed E-state index contributed by atoms with van der Waals surface area (Å²) < 4.78 is 15.7. The molecule has 0 atom stereocenters. The molecule has 10 nitrogen and oxygen atoms in total. The quantitative estimate of drug-likeness (QED) is 0.0746. The molecule has 0 bridgehead atoms. The molecule has 0 aromatic heterocycles. The fourth-order valence-corrected chi connectivity index (χ4v) is 3.18. The largest absolute Gasteiger partial charge is 0.494 e. The molecule has 0 aliphatic heterocycles. The summed E-state index contributed by atoms with van der Waals surface area (Å²) in [4.78, 5) is 34.2. The van der Waals surface area contributed by atoms with Crippen LogP contribution in [0.25, 0.3) is 0 Å². The summed E-state index contributed by atoms with van der Waals surface area (Å²) in [6.07, 6.45) is 3.73. The van der Waals surface area contributed by atoms with E-state index < -0.39 is 22.8 Å². The molecule has 0 aliphatic carbocycles. The van der Waals surface area contributed by atoms with Crippen LogP contribution in [-0.4, -0.2) is 36.7 Å². The van der Waals surface area contributed by atoms with Gasteiger partial charge in [-0.2, -0.15) is 10.2 Å². The molecule has 0 heterocycles. The zero-order chi connectivity index (χ0) is 25.5. The maximum Gasteiger partial charge on any atom is 0.320 e. The molecule has 2 aromatic rings. The third kappa shape index (κ3) is 9.91. The Balaban J connectivity index is 1.67. The Kier molecular flexibility index (Phi) is 11.9. The van der Waals surface area contributed by atoms with Gasteiger partial charge < -0.3 is 14.2 Å². The zero-order valence-electron chi connectivity index (χ0n) is 20.1. The first-order valence-electron chi connectivity index (χ1n) is 11.7. The average Bonchev–Trinajstić information content (AvgIpc) is 2.85. The third-order valence-electron chi connectivity index (χ3n) is 4.98. The molecule has 0 unspecified atom stereocenters. The molecule has 2 aromatic carbocycles. The van der Waals surface area contributed by atoms with Crippen LogP contribution in [0.4, 0.5) is 17.1 Å². The monoisotopic (exact) mass is 485 g/mol. The number of esters is 2. The molecule has 0 spiro atoms. The van der Waals surface area contributed by atoms with Gasteiger partial charge in [0, 0.05) is 12.1 Å². The molecule has 0 saturated heterocycles. The Labute approximate surface area is 204 Å². The number of ether oxygens (including phenoxy) is 3. The molecule has 2 rings (SSSR count). The van der Waals surface area contributed by atoms with Gasteiger partial charge >= 0.3 is 11.9 Å². The van der Waals surface area contributed by atoms with Gasteiger partial charge in [0.25, 0.3) is 5.69 Å². The minimum Gasteiger partial charge on any atom is -0.494 e. The first-order chi connectivity index (χ1) is 16.9. The van der Waals surface area contributed by atoms with Gasteiger partial charge in [-0.25, -0.2) is 0 Å².